The van der Waals surface area contributed by atoms with Gasteiger partial charge in [-0.2, -0.15) is 0 Å². The van der Waals surface area contributed by atoms with Crippen LogP contribution in [0.3, 0.4) is 0 Å². The summed E-state index contributed by atoms with van der Waals surface area (Å²) in [6.45, 7) is 10.4. The largest absolute Gasteiger partial charge is 0.370 e. The van der Waals surface area contributed by atoms with Gasteiger partial charge in [0.15, 0.2) is 0 Å². The lowest BCUT2D eigenvalue weighted by atomic mass is 10.1. The Morgan fingerprint density at radius 1 is 1.11 bits per heavy atom. The number of hydrogen-bond acceptors (Lipinski definition) is 4. The smallest absolute Gasteiger partial charge is 0.134 e. The van der Waals surface area contributed by atoms with Gasteiger partial charge >= 0.3 is 0 Å². The lowest BCUT2D eigenvalue weighted by molar-refractivity contribution is 0.536. The van der Waals surface area contributed by atoms with E-state index in [2.05, 4.69) is 41.4 Å². The summed E-state index contributed by atoms with van der Waals surface area (Å²) in [4.78, 5) is 8.99. The molecule has 1 aromatic rings. The molecule has 0 radical (unpaired) electrons. The van der Waals surface area contributed by atoms with Crippen molar-refractivity contribution >= 4 is 11.6 Å². The first-order valence-corrected chi connectivity index (χ1v) is 7.43. The Balaban J connectivity index is 2.03. The van der Waals surface area contributed by atoms with Gasteiger partial charge in [0.25, 0.3) is 0 Å². The third-order valence-electron chi connectivity index (χ3n) is 3.96. The summed E-state index contributed by atoms with van der Waals surface area (Å²) < 4.78 is 0. The van der Waals surface area contributed by atoms with Crippen molar-refractivity contribution in [3.05, 3.63) is 11.4 Å². The van der Waals surface area contributed by atoms with E-state index >= 15 is 0 Å². The summed E-state index contributed by atoms with van der Waals surface area (Å²) >= 11 is 0. The van der Waals surface area contributed by atoms with Crippen molar-refractivity contribution in [3.63, 3.8) is 0 Å². The van der Waals surface area contributed by atoms with Gasteiger partial charge in [0.05, 0.1) is 0 Å². The molecule has 2 rings (SSSR count). The molecule has 0 bridgehead atoms. The molecule has 0 saturated heterocycles. The summed E-state index contributed by atoms with van der Waals surface area (Å²) in [7, 11) is 0. The second-order valence-corrected chi connectivity index (χ2v) is 5.79. The summed E-state index contributed by atoms with van der Waals surface area (Å²) in [6, 6.07) is 0. The first kappa shape index (κ1) is 14.1. The van der Waals surface area contributed by atoms with Crippen molar-refractivity contribution in [2.45, 2.75) is 47.0 Å². The van der Waals surface area contributed by atoms with Gasteiger partial charge in [0.1, 0.15) is 17.5 Å². The zero-order valence-corrected chi connectivity index (χ0v) is 12.6. The molecule has 1 aromatic heterocycles. The fraction of sp³-hybridized carbons (Fsp3) is 0.733. The molecule has 2 atom stereocenters. The van der Waals surface area contributed by atoms with Crippen LogP contribution in [-0.2, 0) is 0 Å². The van der Waals surface area contributed by atoms with Crippen molar-refractivity contribution in [2.75, 3.05) is 23.7 Å². The number of anilines is 2. The highest BCUT2D eigenvalue weighted by Gasteiger charge is 2.21. The Morgan fingerprint density at radius 2 is 1.79 bits per heavy atom. The van der Waals surface area contributed by atoms with Crippen LogP contribution in [0.1, 0.15) is 44.5 Å². The van der Waals surface area contributed by atoms with Crippen LogP contribution in [-0.4, -0.2) is 23.1 Å². The average Bonchev–Trinajstić information content (AvgIpc) is 2.78. The summed E-state index contributed by atoms with van der Waals surface area (Å²) in [5.41, 5.74) is 1.12. The fourth-order valence-electron chi connectivity index (χ4n) is 2.89. The second-order valence-electron chi connectivity index (χ2n) is 5.79. The molecule has 2 unspecified atom stereocenters. The topological polar surface area (TPSA) is 49.8 Å². The first-order chi connectivity index (χ1) is 9.10. The van der Waals surface area contributed by atoms with Crippen LogP contribution in [0.5, 0.6) is 0 Å². The SMILES string of the molecule is CCNc1nc(C)nc(NCC2CCC(C)C2)c1C. The van der Waals surface area contributed by atoms with E-state index in [4.69, 9.17) is 0 Å². The van der Waals surface area contributed by atoms with Crippen LogP contribution in [0.4, 0.5) is 11.6 Å². The van der Waals surface area contributed by atoms with E-state index in [0.717, 1.165) is 47.9 Å². The molecular formula is C15H26N4. The standard InChI is InChI=1S/C15H26N4/c1-5-16-14-11(3)15(19-12(4)18-14)17-9-13-7-6-10(2)8-13/h10,13H,5-9H2,1-4H3,(H2,16,17,18,19). The second kappa shape index (κ2) is 6.22. The highest BCUT2D eigenvalue weighted by atomic mass is 15.1. The minimum absolute atomic E-state index is 0.798. The van der Waals surface area contributed by atoms with E-state index in [0.29, 0.717) is 0 Å². The molecule has 0 amide bonds. The molecule has 4 heteroatoms. The van der Waals surface area contributed by atoms with Gasteiger partial charge in [0, 0.05) is 18.7 Å². The monoisotopic (exact) mass is 262 g/mol. The van der Waals surface area contributed by atoms with Crippen LogP contribution in [0.15, 0.2) is 0 Å². The van der Waals surface area contributed by atoms with Gasteiger partial charge in [-0.25, -0.2) is 9.97 Å². The number of rotatable bonds is 5. The number of hydrogen-bond donors (Lipinski definition) is 2. The van der Waals surface area contributed by atoms with E-state index in [1.165, 1.54) is 19.3 Å². The zero-order chi connectivity index (χ0) is 13.8. The van der Waals surface area contributed by atoms with E-state index < -0.39 is 0 Å². The molecule has 1 aliphatic rings. The van der Waals surface area contributed by atoms with Gasteiger partial charge in [-0.3, -0.25) is 0 Å². The Morgan fingerprint density at radius 3 is 2.37 bits per heavy atom. The van der Waals surface area contributed by atoms with Gasteiger partial charge in [-0.15, -0.1) is 0 Å². The van der Waals surface area contributed by atoms with Crippen LogP contribution in [0.2, 0.25) is 0 Å². The van der Waals surface area contributed by atoms with Crippen molar-refractivity contribution < 1.29 is 0 Å². The van der Waals surface area contributed by atoms with Crippen molar-refractivity contribution in [1.82, 2.24) is 9.97 Å². The molecule has 19 heavy (non-hydrogen) atoms. The Kier molecular flexibility index (Phi) is 4.61. The third-order valence-corrected chi connectivity index (χ3v) is 3.96. The van der Waals surface area contributed by atoms with Gasteiger partial charge in [-0.05, 0) is 45.4 Å². The molecule has 4 nitrogen and oxygen atoms in total. The molecule has 106 valence electrons. The minimum Gasteiger partial charge on any atom is -0.370 e. The van der Waals surface area contributed by atoms with E-state index in [1.807, 2.05) is 6.92 Å². The average molecular weight is 262 g/mol. The number of aromatic nitrogens is 2. The lowest BCUT2D eigenvalue weighted by Crippen LogP contribution is -2.15. The molecule has 0 spiro atoms. The Hall–Kier alpha value is -1.32. The summed E-state index contributed by atoms with van der Waals surface area (Å²) in [5.74, 6) is 4.45. The minimum atomic E-state index is 0.798. The number of aryl methyl sites for hydroxylation is 1. The summed E-state index contributed by atoms with van der Waals surface area (Å²) in [6.07, 6.45) is 4.06. The predicted molar refractivity (Wildman–Crippen MR) is 80.7 cm³/mol. The van der Waals surface area contributed by atoms with Crippen LogP contribution >= 0.6 is 0 Å². The zero-order valence-electron chi connectivity index (χ0n) is 12.6. The molecule has 1 fully saturated rings. The predicted octanol–water partition coefficient (Wildman–Crippen LogP) is 3.37. The molecular weight excluding hydrogens is 236 g/mol. The Bertz CT molecular complexity index is 430. The quantitative estimate of drug-likeness (QED) is 0.854. The van der Waals surface area contributed by atoms with Crippen LogP contribution in [0, 0.1) is 25.7 Å². The highest BCUT2D eigenvalue weighted by molar-refractivity contribution is 5.57. The van der Waals surface area contributed by atoms with E-state index in [9.17, 15) is 0 Å². The molecule has 1 aliphatic carbocycles. The molecule has 0 aliphatic heterocycles. The van der Waals surface area contributed by atoms with Crippen molar-refractivity contribution in [1.29, 1.82) is 0 Å². The maximum absolute atomic E-state index is 4.53. The molecule has 1 heterocycles. The molecule has 2 N–H and O–H groups in total. The van der Waals surface area contributed by atoms with Crippen LogP contribution < -0.4 is 10.6 Å². The van der Waals surface area contributed by atoms with Gasteiger partial charge in [0.2, 0.25) is 0 Å². The summed E-state index contributed by atoms with van der Waals surface area (Å²) in [5, 5.41) is 6.82. The van der Waals surface area contributed by atoms with E-state index in [-0.39, 0.29) is 0 Å². The van der Waals surface area contributed by atoms with Crippen molar-refractivity contribution in [3.8, 4) is 0 Å². The van der Waals surface area contributed by atoms with Crippen LogP contribution in [0.25, 0.3) is 0 Å². The first-order valence-electron chi connectivity index (χ1n) is 7.43. The van der Waals surface area contributed by atoms with Crippen molar-refractivity contribution in [2.24, 2.45) is 11.8 Å². The maximum Gasteiger partial charge on any atom is 0.134 e. The third kappa shape index (κ3) is 3.58. The Labute approximate surface area is 116 Å². The van der Waals surface area contributed by atoms with Gasteiger partial charge < -0.3 is 10.6 Å². The number of nitrogens with zero attached hydrogens (tertiary/aromatic N) is 2. The normalized spacial score (nSPS) is 22.5. The molecule has 0 aromatic carbocycles. The lowest BCUT2D eigenvalue weighted by Gasteiger charge is -2.16. The van der Waals surface area contributed by atoms with Gasteiger partial charge in [-0.1, -0.05) is 13.3 Å². The molecule has 1 saturated carbocycles. The van der Waals surface area contributed by atoms with E-state index in [1.54, 1.807) is 0 Å². The maximum atomic E-state index is 4.53. The fourth-order valence-corrected chi connectivity index (χ4v) is 2.89. The number of nitrogens with one attached hydrogen (secondary N) is 2. The highest BCUT2D eigenvalue weighted by Crippen LogP contribution is 2.30.